The molecule has 4 aromatic rings. The monoisotopic (exact) mass is 802 g/mol. The van der Waals surface area contributed by atoms with Gasteiger partial charge in [-0.3, -0.25) is 0 Å². The third-order valence-corrected chi connectivity index (χ3v) is 9.17. The molecule has 1 aliphatic rings. The molecular weight excluding hydrogens is 764 g/mol. The molecule has 5 nitrogen and oxygen atoms in total. The van der Waals surface area contributed by atoms with Crippen LogP contribution in [0.3, 0.4) is 0 Å². The minimum atomic E-state index is 0.495. The first kappa shape index (κ1) is 35.5. The molecule has 0 unspecified atom stereocenters. The van der Waals surface area contributed by atoms with Crippen LogP contribution in [-0.2, 0) is 48.6 Å². The highest BCUT2D eigenvalue weighted by Crippen LogP contribution is 2.34. The lowest BCUT2D eigenvalue weighted by Gasteiger charge is -2.26. The number of ether oxygens (including phenoxy) is 5. The van der Waals surface area contributed by atoms with Crippen molar-refractivity contribution in [2.75, 3.05) is 26.4 Å². The Morgan fingerprint density at radius 2 is 0.667 bits per heavy atom. The normalized spacial score (nSPS) is 12.7. The van der Waals surface area contributed by atoms with Gasteiger partial charge in [-0.25, -0.2) is 0 Å². The van der Waals surface area contributed by atoms with Crippen molar-refractivity contribution in [1.82, 2.24) is 0 Å². The summed E-state index contributed by atoms with van der Waals surface area (Å²) in [6, 6.07) is 24.0. The zero-order valence-electron chi connectivity index (χ0n) is 26.2. The van der Waals surface area contributed by atoms with Gasteiger partial charge in [0.2, 0.25) is 0 Å². The summed E-state index contributed by atoms with van der Waals surface area (Å²) in [6.07, 6.45) is 2.68. The second kappa shape index (κ2) is 18.7. The van der Waals surface area contributed by atoms with E-state index in [2.05, 4.69) is 68.6 Å². The Morgan fingerprint density at radius 3 is 0.867 bits per heavy atom. The SMILES string of the molecule is C1COCCO1.CCc1c(COc2ccc(Br)cc2)c(CC)c(COc2ccc(Br)cc2)c(CC)c1COc1ccc(Br)cc1. The van der Waals surface area contributed by atoms with Crippen molar-refractivity contribution in [1.29, 1.82) is 0 Å². The lowest BCUT2D eigenvalue weighted by Crippen LogP contribution is -2.17. The highest BCUT2D eigenvalue weighted by Gasteiger charge is 2.23. The maximum atomic E-state index is 6.35. The van der Waals surface area contributed by atoms with Crippen molar-refractivity contribution in [2.45, 2.75) is 59.9 Å². The van der Waals surface area contributed by atoms with E-state index in [-0.39, 0.29) is 0 Å². The molecule has 0 atom stereocenters. The average Bonchev–Trinajstić information content (AvgIpc) is 3.08. The van der Waals surface area contributed by atoms with Gasteiger partial charge in [0.1, 0.15) is 37.1 Å². The van der Waals surface area contributed by atoms with E-state index < -0.39 is 0 Å². The third kappa shape index (κ3) is 10.6. The molecule has 0 aliphatic carbocycles. The van der Waals surface area contributed by atoms with Crippen LogP contribution in [-0.4, -0.2) is 26.4 Å². The van der Waals surface area contributed by atoms with E-state index in [0.717, 1.165) is 76.4 Å². The van der Waals surface area contributed by atoms with Gasteiger partial charge >= 0.3 is 0 Å². The molecular formula is C37H41Br3O5. The molecule has 8 heteroatoms. The molecule has 0 saturated carbocycles. The van der Waals surface area contributed by atoms with E-state index in [9.17, 15) is 0 Å². The lowest BCUT2D eigenvalue weighted by atomic mass is 9.84. The van der Waals surface area contributed by atoms with Crippen LogP contribution in [0, 0.1) is 0 Å². The topological polar surface area (TPSA) is 46.2 Å². The summed E-state index contributed by atoms with van der Waals surface area (Å²) in [5, 5.41) is 0. The molecule has 45 heavy (non-hydrogen) atoms. The van der Waals surface area contributed by atoms with E-state index in [1.54, 1.807) is 0 Å². The van der Waals surface area contributed by atoms with Crippen LogP contribution in [0.4, 0.5) is 0 Å². The summed E-state index contributed by atoms with van der Waals surface area (Å²) < 4.78 is 32.1. The largest absolute Gasteiger partial charge is 0.489 e. The van der Waals surface area contributed by atoms with Crippen LogP contribution in [0.25, 0.3) is 0 Å². The minimum absolute atomic E-state index is 0.495. The van der Waals surface area contributed by atoms with E-state index in [0.29, 0.717) is 19.8 Å². The van der Waals surface area contributed by atoms with Crippen LogP contribution in [0.1, 0.15) is 54.2 Å². The summed E-state index contributed by atoms with van der Waals surface area (Å²) in [6.45, 7) is 11.3. The highest BCUT2D eigenvalue weighted by molar-refractivity contribution is 9.11. The predicted molar refractivity (Wildman–Crippen MR) is 192 cm³/mol. The maximum absolute atomic E-state index is 6.35. The average molecular weight is 805 g/mol. The number of halogens is 3. The van der Waals surface area contributed by atoms with Gasteiger partial charge in [-0.15, -0.1) is 0 Å². The van der Waals surface area contributed by atoms with Gasteiger partial charge in [0.05, 0.1) is 26.4 Å². The number of hydrogen-bond donors (Lipinski definition) is 0. The van der Waals surface area contributed by atoms with E-state index in [1.807, 2.05) is 72.8 Å². The van der Waals surface area contributed by atoms with Gasteiger partial charge in [0.15, 0.2) is 0 Å². The van der Waals surface area contributed by atoms with E-state index >= 15 is 0 Å². The fraction of sp³-hybridized carbons (Fsp3) is 0.351. The summed E-state index contributed by atoms with van der Waals surface area (Å²) >= 11 is 10.5. The molecule has 240 valence electrons. The Hall–Kier alpha value is -2.36. The molecule has 4 aromatic carbocycles. The van der Waals surface area contributed by atoms with Crippen LogP contribution in [0.2, 0.25) is 0 Å². The van der Waals surface area contributed by atoms with E-state index in [1.165, 1.54) is 33.4 Å². The molecule has 0 amide bonds. The van der Waals surface area contributed by atoms with Crippen LogP contribution < -0.4 is 14.2 Å². The Bertz CT molecular complexity index is 1270. The van der Waals surface area contributed by atoms with Crippen molar-refractivity contribution < 1.29 is 23.7 Å². The zero-order chi connectivity index (χ0) is 32.0. The van der Waals surface area contributed by atoms with Crippen molar-refractivity contribution in [2.24, 2.45) is 0 Å². The first-order valence-electron chi connectivity index (χ1n) is 15.4. The molecule has 0 aromatic heterocycles. The first-order valence-corrected chi connectivity index (χ1v) is 17.8. The molecule has 0 bridgehead atoms. The second-order valence-electron chi connectivity index (χ2n) is 10.4. The molecule has 0 spiro atoms. The van der Waals surface area contributed by atoms with Crippen molar-refractivity contribution >= 4 is 47.8 Å². The van der Waals surface area contributed by atoms with Gasteiger partial charge in [0, 0.05) is 13.4 Å². The molecule has 5 rings (SSSR count). The molecule has 1 saturated heterocycles. The zero-order valence-corrected chi connectivity index (χ0v) is 30.9. The molecule has 0 N–H and O–H groups in total. The van der Waals surface area contributed by atoms with Crippen LogP contribution in [0.15, 0.2) is 86.2 Å². The molecule has 1 fully saturated rings. The van der Waals surface area contributed by atoms with Gasteiger partial charge in [-0.05, 0) is 125 Å². The molecule has 1 aliphatic heterocycles. The van der Waals surface area contributed by atoms with Crippen molar-refractivity contribution in [3.8, 4) is 17.2 Å². The predicted octanol–water partition coefficient (Wildman–Crippen LogP) is 10.4. The molecule has 1 heterocycles. The Labute approximate surface area is 293 Å². The van der Waals surface area contributed by atoms with E-state index in [4.69, 9.17) is 23.7 Å². The lowest BCUT2D eigenvalue weighted by molar-refractivity contribution is -0.0334. The standard InChI is InChI=1S/C33H33Br3O3.C4H8O2/c1-4-28-31(19-37-25-13-7-22(34)8-14-25)29(5-2)33(21-39-27-17-11-24(36)12-18-27)30(6-3)32(28)20-38-26-15-9-23(35)10-16-26;1-2-6-4-3-5-1/h7-18H,4-6,19-21H2,1-3H3;1-4H2. The number of rotatable bonds is 12. The Kier molecular flexibility index (Phi) is 14.8. The maximum Gasteiger partial charge on any atom is 0.119 e. The number of benzene rings is 4. The van der Waals surface area contributed by atoms with Crippen LogP contribution in [0.5, 0.6) is 17.2 Å². The number of hydrogen-bond acceptors (Lipinski definition) is 5. The summed E-state index contributed by atoms with van der Waals surface area (Å²) in [5.41, 5.74) is 7.65. The molecule has 0 radical (unpaired) electrons. The fourth-order valence-electron chi connectivity index (χ4n) is 5.39. The quantitative estimate of drug-likeness (QED) is 0.143. The van der Waals surface area contributed by atoms with Gasteiger partial charge in [0.25, 0.3) is 0 Å². The second-order valence-corrected chi connectivity index (χ2v) is 13.1. The van der Waals surface area contributed by atoms with Crippen LogP contribution >= 0.6 is 47.8 Å². The Balaban J connectivity index is 0.000000687. The first-order chi connectivity index (χ1) is 21.9. The smallest absolute Gasteiger partial charge is 0.119 e. The summed E-state index contributed by atoms with van der Waals surface area (Å²) in [5.74, 6) is 2.55. The third-order valence-electron chi connectivity index (χ3n) is 7.58. The minimum Gasteiger partial charge on any atom is -0.489 e. The Morgan fingerprint density at radius 1 is 0.422 bits per heavy atom. The van der Waals surface area contributed by atoms with Gasteiger partial charge < -0.3 is 23.7 Å². The summed E-state index contributed by atoms with van der Waals surface area (Å²) in [7, 11) is 0. The van der Waals surface area contributed by atoms with Gasteiger partial charge in [-0.2, -0.15) is 0 Å². The fourth-order valence-corrected chi connectivity index (χ4v) is 6.19. The van der Waals surface area contributed by atoms with Crippen molar-refractivity contribution in [3.63, 3.8) is 0 Å². The summed E-state index contributed by atoms with van der Waals surface area (Å²) in [4.78, 5) is 0. The van der Waals surface area contributed by atoms with Gasteiger partial charge in [-0.1, -0.05) is 68.6 Å². The van der Waals surface area contributed by atoms with Crippen molar-refractivity contribution in [3.05, 3.63) is 120 Å². The highest BCUT2D eigenvalue weighted by atomic mass is 79.9.